The van der Waals surface area contributed by atoms with Gasteiger partial charge in [-0.1, -0.05) is 0 Å². The predicted molar refractivity (Wildman–Crippen MR) is 49.5 cm³/mol. The van der Waals surface area contributed by atoms with E-state index in [4.69, 9.17) is 0 Å². The van der Waals surface area contributed by atoms with Gasteiger partial charge in [0.2, 0.25) is 0 Å². The van der Waals surface area contributed by atoms with Crippen molar-refractivity contribution >= 4 is 11.8 Å². The lowest BCUT2D eigenvalue weighted by molar-refractivity contribution is 0.225. The summed E-state index contributed by atoms with van der Waals surface area (Å²) < 4.78 is 0. The fourth-order valence-electron chi connectivity index (χ4n) is 0.880. The summed E-state index contributed by atoms with van der Waals surface area (Å²) in [6.07, 6.45) is 3.01. The maximum Gasteiger partial charge on any atom is 0.324 e. The van der Waals surface area contributed by atoms with Crippen molar-refractivity contribution in [2.75, 3.05) is 26.0 Å². The van der Waals surface area contributed by atoms with Crippen LogP contribution in [0.4, 0.5) is 10.6 Å². The van der Waals surface area contributed by atoms with Crippen LogP contribution in [-0.4, -0.2) is 42.0 Å². The molecule has 0 aliphatic carbocycles. The number of anilines is 1. The van der Waals surface area contributed by atoms with Crippen molar-refractivity contribution in [1.29, 1.82) is 0 Å². The third-order valence-corrected chi connectivity index (χ3v) is 1.58. The van der Waals surface area contributed by atoms with Gasteiger partial charge in [-0.2, -0.15) is 0 Å². The second-order valence-corrected chi connectivity index (χ2v) is 2.80. The molecule has 0 spiro atoms. The molecule has 0 bridgehead atoms. The molecule has 1 aromatic heterocycles. The van der Waals surface area contributed by atoms with Gasteiger partial charge in [0.25, 0.3) is 0 Å². The molecule has 13 heavy (non-hydrogen) atoms. The molecule has 1 aromatic rings. The van der Waals surface area contributed by atoms with E-state index < -0.39 is 0 Å². The van der Waals surface area contributed by atoms with Crippen LogP contribution in [0.25, 0.3) is 0 Å². The molecule has 0 saturated carbocycles. The standard InChI is InChI=1S/C8H12N4O/c1-11(2)8(13)12(3)7-4-5-9-6-10-7/h4-6H,1-3H3. The first-order valence-electron chi connectivity index (χ1n) is 3.84. The molecule has 0 aromatic carbocycles. The van der Waals surface area contributed by atoms with E-state index in [1.165, 1.54) is 16.1 Å². The average Bonchev–Trinajstić information content (AvgIpc) is 2.17. The van der Waals surface area contributed by atoms with Gasteiger partial charge in [-0.3, -0.25) is 4.90 Å². The van der Waals surface area contributed by atoms with E-state index in [0.717, 1.165) is 0 Å². The molecule has 1 rings (SSSR count). The maximum absolute atomic E-state index is 11.4. The van der Waals surface area contributed by atoms with Crippen LogP contribution in [0.2, 0.25) is 0 Å². The molecule has 2 amide bonds. The lowest BCUT2D eigenvalue weighted by Crippen LogP contribution is -2.36. The van der Waals surface area contributed by atoms with Gasteiger partial charge < -0.3 is 4.90 Å². The monoisotopic (exact) mass is 180 g/mol. The van der Waals surface area contributed by atoms with Crippen molar-refractivity contribution in [3.05, 3.63) is 18.6 Å². The molecule has 70 valence electrons. The molecular weight excluding hydrogens is 168 g/mol. The van der Waals surface area contributed by atoms with Crippen molar-refractivity contribution in [2.24, 2.45) is 0 Å². The highest BCUT2D eigenvalue weighted by molar-refractivity contribution is 5.89. The van der Waals surface area contributed by atoms with Gasteiger partial charge in [-0.15, -0.1) is 0 Å². The Balaban J connectivity index is 2.80. The van der Waals surface area contributed by atoms with E-state index in [-0.39, 0.29) is 6.03 Å². The van der Waals surface area contributed by atoms with Gasteiger partial charge >= 0.3 is 6.03 Å². The summed E-state index contributed by atoms with van der Waals surface area (Å²) in [6, 6.07) is 1.57. The van der Waals surface area contributed by atoms with Crippen molar-refractivity contribution < 1.29 is 4.79 Å². The van der Waals surface area contributed by atoms with Gasteiger partial charge in [-0.25, -0.2) is 14.8 Å². The smallest absolute Gasteiger partial charge is 0.324 e. The second kappa shape index (κ2) is 3.84. The Morgan fingerprint density at radius 2 is 2.08 bits per heavy atom. The summed E-state index contributed by atoms with van der Waals surface area (Å²) in [5.41, 5.74) is 0. The zero-order valence-corrected chi connectivity index (χ0v) is 7.93. The number of aromatic nitrogens is 2. The molecule has 1 heterocycles. The van der Waals surface area contributed by atoms with Crippen LogP contribution in [-0.2, 0) is 0 Å². The predicted octanol–water partition coefficient (Wildman–Crippen LogP) is 0.594. The fraction of sp³-hybridized carbons (Fsp3) is 0.375. The minimum Gasteiger partial charge on any atom is -0.330 e. The Bertz CT molecular complexity index is 285. The molecule has 0 fully saturated rings. The minimum absolute atomic E-state index is 0.112. The number of carbonyl (C=O) groups is 1. The van der Waals surface area contributed by atoms with E-state index in [1.54, 1.807) is 33.4 Å². The Hall–Kier alpha value is -1.65. The first kappa shape index (κ1) is 9.44. The molecule has 0 N–H and O–H groups in total. The van der Waals surface area contributed by atoms with Crippen molar-refractivity contribution in [1.82, 2.24) is 14.9 Å². The fourth-order valence-corrected chi connectivity index (χ4v) is 0.880. The summed E-state index contributed by atoms with van der Waals surface area (Å²) in [7, 11) is 5.06. The largest absolute Gasteiger partial charge is 0.330 e. The van der Waals surface area contributed by atoms with E-state index in [9.17, 15) is 4.79 Å². The van der Waals surface area contributed by atoms with Gasteiger partial charge in [0.15, 0.2) is 0 Å². The molecule has 0 saturated heterocycles. The summed E-state index contributed by atoms with van der Waals surface area (Å²) in [5, 5.41) is 0. The molecule has 5 nitrogen and oxygen atoms in total. The van der Waals surface area contributed by atoms with E-state index >= 15 is 0 Å². The van der Waals surface area contributed by atoms with Gasteiger partial charge in [0.1, 0.15) is 12.1 Å². The van der Waals surface area contributed by atoms with Gasteiger partial charge in [0, 0.05) is 27.3 Å². The Morgan fingerprint density at radius 1 is 1.38 bits per heavy atom. The first-order chi connectivity index (χ1) is 6.13. The van der Waals surface area contributed by atoms with Crippen LogP contribution < -0.4 is 4.90 Å². The number of rotatable bonds is 1. The molecular formula is C8H12N4O. The Kier molecular flexibility index (Phi) is 2.79. The highest BCUT2D eigenvalue weighted by Crippen LogP contribution is 2.06. The Morgan fingerprint density at radius 3 is 2.54 bits per heavy atom. The van der Waals surface area contributed by atoms with Crippen LogP contribution >= 0.6 is 0 Å². The maximum atomic E-state index is 11.4. The number of carbonyl (C=O) groups excluding carboxylic acids is 1. The highest BCUT2D eigenvalue weighted by atomic mass is 16.2. The number of hydrogen-bond donors (Lipinski definition) is 0. The van der Waals surface area contributed by atoms with E-state index in [2.05, 4.69) is 9.97 Å². The van der Waals surface area contributed by atoms with Crippen molar-refractivity contribution in [3.8, 4) is 0 Å². The van der Waals surface area contributed by atoms with Crippen LogP contribution in [0.1, 0.15) is 0 Å². The topological polar surface area (TPSA) is 49.3 Å². The molecule has 0 radical (unpaired) electrons. The minimum atomic E-state index is -0.112. The van der Waals surface area contributed by atoms with Crippen molar-refractivity contribution in [2.45, 2.75) is 0 Å². The number of hydrogen-bond acceptors (Lipinski definition) is 3. The molecule has 0 unspecified atom stereocenters. The number of nitrogens with zero attached hydrogens (tertiary/aromatic N) is 4. The third kappa shape index (κ3) is 2.14. The lowest BCUT2D eigenvalue weighted by atomic mass is 10.5. The first-order valence-corrected chi connectivity index (χ1v) is 3.84. The van der Waals surface area contributed by atoms with Crippen LogP contribution in [0.5, 0.6) is 0 Å². The average molecular weight is 180 g/mol. The van der Waals surface area contributed by atoms with E-state index in [1.807, 2.05) is 0 Å². The van der Waals surface area contributed by atoms with Crippen LogP contribution in [0, 0.1) is 0 Å². The highest BCUT2D eigenvalue weighted by Gasteiger charge is 2.12. The zero-order chi connectivity index (χ0) is 9.84. The van der Waals surface area contributed by atoms with Crippen molar-refractivity contribution in [3.63, 3.8) is 0 Å². The number of amides is 2. The zero-order valence-electron chi connectivity index (χ0n) is 7.93. The third-order valence-electron chi connectivity index (χ3n) is 1.58. The summed E-state index contributed by atoms with van der Waals surface area (Å²) in [5.74, 6) is 0.591. The molecule has 0 atom stereocenters. The van der Waals surface area contributed by atoms with Crippen LogP contribution in [0.3, 0.4) is 0 Å². The molecule has 5 heteroatoms. The quantitative estimate of drug-likeness (QED) is 0.635. The van der Waals surface area contributed by atoms with Gasteiger partial charge in [-0.05, 0) is 6.07 Å². The Labute approximate surface area is 77.0 Å². The summed E-state index contributed by atoms with van der Waals surface area (Å²) in [4.78, 5) is 22.1. The van der Waals surface area contributed by atoms with Crippen LogP contribution in [0.15, 0.2) is 18.6 Å². The normalized spacial score (nSPS) is 9.46. The SMILES string of the molecule is CN(C)C(=O)N(C)c1ccncn1. The van der Waals surface area contributed by atoms with Gasteiger partial charge in [0.05, 0.1) is 0 Å². The summed E-state index contributed by atoms with van der Waals surface area (Å²) in [6.45, 7) is 0. The molecule has 0 aliphatic heterocycles. The second-order valence-electron chi connectivity index (χ2n) is 2.80. The number of urea groups is 1. The molecule has 0 aliphatic rings. The summed E-state index contributed by atoms with van der Waals surface area (Å²) >= 11 is 0. The van der Waals surface area contributed by atoms with E-state index in [0.29, 0.717) is 5.82 Å². The lowest BCUT2D eigenvalue weighted by Gasteiger charge is -2.20.